The summed E-state index contributed by atoms with van der Waals surface area (Å²) < 4.78 is 1.40. The summed E-state index contributed by atoms with van der Waals surface area (Å²) >= 11 is 0. The van der Waals surface area contributed by atoms with Gasteiger partial charge in [-0.15, -0.1) is 0 Å². The number of carbonyl (C=O) groups excluding carboxylic acids is 1. The molecule has 0 aliphatic carbocycles. The molecule has 1 aromatic heterocycles. The first-order valence-electron chi connectivity index (χ1n) is 6.64. The molecule has 6 nitrogen and oxygen atoms in total. The first-order chi connectivity index (χ1) is 9.45. The highest BCUT2D eigenvalue weighted by atomic mass is 16.4. The monoisotopic (exact) mass is 280 g/mol. The van der Waals surface area contributed by atoms with Crippen molar-refractivity contribution in [1.82, 2.24) is 9.88 Å². The van der Waals surface area contributed by atoms with E-state index in [1.54, 1.807) is 12.3 Å². The highest BCUT2D eigenvalue weighted by Crippen LogP contribution is 2.12. The van der Waals surface area contributed by atoms with Gasteiger partial charge in [0.1, 0.15) is 6.04 Å². The van der Waals surface area contributed by atoms with E-state index >= 15 is 0 Å². The summed E-state index contributed by atoms with van der Waals surface area (Å²) in [6.45, 7) is 3.80. The molecule has 1 amide bonds. The summed E-state index contributed by atoms with van der Waals surface area (Å²) in [5, 5.41) is 11.1. The van der Waals surface area contributed by atoms with Gasteiger partial charge in [0.25, 0.3) is 5.56 Å². The van der Waals surface area contributed by atoms with Crippen LogP contribution in [-0.2, 0) is 9.59 Å². The van der Waals surface area contributed by atoms with Crippen molar-refractivity contribution >= 4 is 11.9 Å². The smallest absolute Gasteiger partial charge is 0.305 e. The van der Waals surface area contributed by atoms with Gasteiger partial charge in [-0.2, -0.15) is 0 Å². The second-order valence-electron chi connectivity index (χ2n) is 4.69. The Morgan fingerprint density at radius 2 is 2.15 bits per heavy atom. The van der Waals surface area contributed by atoms with Crippen LogP contribution in [0.1, 0.15) is 37.8 Å². The number of aryl methyl sites for hydroxylation is 1. The summed E-state index contributed by atoms with van der Waals surface area (Å²) in [5.74, 6) is -1.29. The maximum Gasteiger partial charge on any atom is 0.305 e. The lowest BCUT2D eigenvalue weighted by Gasteiger charge is -2.18. The van der Waals surface area contributed by atoms with Crippen LogP contribution in [0.2, 0.25) is 0 Å². The van der Waals surface area contributed by atoms with E-state index < -0.39 is 12.0 Å². The molecule has 1 heterocycles. The van der Waals surface area contributed by atoms with E-state index in [9.17, 15) is 14.4 Å². The molecule has 1 atom stereocenters. The highest BCUT2D eigenvalue weighted by Gasteiger charge is 2.20. The molecule has 2 N–H and O–H groups in total. The van der Waals surface area contributed by atoms with E-state index in [4.69, 9.17) is 5.11 Å². The minimum absolute atomic E-state index is 0.0645. The van der Waals surface area contributed by atoms with Crippen LogP contribution in [-0.4, -0.2) is 28.1 Å². The van der Waals surface area contributed by atoms with Crippen LogP contribution in [0, 0.1) is 6.92 Å². The SMILES string of the molecule is CCCC(C(=O)NCCC(=O)O)n1ccc(C)cc1=O. The topological polar surface area (TPSA) is 88.4 Å². The normalized spacial score (nSPS) is 11.9. The van der Waals surface area contributed by atoms with Gasteiger partial charge in [-0.25, -0.2) is 0 Å². The van der Waals surface area contributed by atoms with Crippen LogP contribution in [0.4, 0.5) is 0 Å². The molecule has 0 bridgehead atoms. The number of hydrogen-bond donors (Lipinski definition) is 2. The average molecular weight is 280 g/mol. The Balaban J connectivity index is 2.84. The van der Waals surface area contributed by atoms with E-state index in [0.29, 0.717) is 6.42 Å². The zero-order valence-corrected chi connectivity index (χ0v) is 11.8. The van der Waals surface area contributed by atoms with Gasteiger partial charge < -0.3 is 15.0 Å². The molecule has 1 rings (SSSR count). The zero-order valence-electron chi connectivity index (χ0n) is 11.8. The molecule has 0 saturated carbocycles. The number of aliphatic carboxylic acids is 1. The van der Waals surface area contributed by atoms with Crippen molar-refractivity contribution in [3.8, 4) is 0 Å². The van der Waals surface area contributed by atoms with Crippen LogP contribution >= 0.6 is 0 Å². The summed E-state index contributed by atoms with van der Waals surface area (Å²) in [7, 11) is 0. The van der Waals surface area contributed by atoms with Crippen LogP contribution in [0.3, 0.4) is 0 Å². The van der Waals surface area contributed by atoms with Crippen LogP contribution in [0.5, 0.6) is 0 Å². The molecule has 0 radical (unpaired) electrons. The Kier molecular flexibility index (Phi) is 5.96. The van der Waals surface area contributed by atoms with Crippen molar-refractivity contribution in [2.24, 2.45) is 0 Å². The minimum atomic E-state index is -0.968. The van der Waals surface area contributed by atoms with E-state index in [-0.39, 0.29) is 24.4 Å². The van der Waals surface area contributed by atoms with Gasteiger partial charge in [-0.3, -0.25) is 14.4 Å². The van der Waals surface area contributed by atoms with Crippen LogP contribution < -0.4 is 10.9 Å². The van der Waals surface area contributed by atoms with E-state index in [0.717, 1.165) is 12.0 Å². The summed E-state index contributed by atoms with van der Waals surface area (Å²) in [5.41, 5.74) is 0.615. The first-order valence-corrected chi connectivity index (χ1v) is 6.64. The van der Waals surface area contributed by atoms with E-state index in [1.165, 1.54) is 10.6 Å². The lowest BCUT2D eigenvalue weighted by molar-refractivity contribution is -0.137. The number of aromatic nitrogens is 1. The van der Waals surface area contributed by atoms with Crippen molar-refractivity contribution in [3.63, 3.8) is 0 Å². The fourth-order valence-corrected chi connectivity index (χ4v) is 1.93. The molecule has 20 heavy (non-hydrogen) atoms. The van der Waals surface area contributed by atoms with Crippen molar-refractivity contribution in [2.45, 2.75) is 39.2 Å². The fourth-order valence-electron chi connectivity index (χ4n) is 1.93. The predicted octanol–water partition coefficient (Wildman–Crippen LogP) is 1.09. The maximum absolute atomic E-state index is 12.1. The van der Waals surface area contributed by atoms with Crippen LogP contribution in [0.25, 0.3) is 0 Å². The molecule has 1 unspecified atom stereocenters. The Hall–Kier alpha value is -2.11. The molecule has 0 aliphatic heterocycles. The average Bonchev–Trinajstić information content (AvgIpc) is 2.36. The van der Waals surface area contributed by atoms with Gasteiger partial charge >= 0.3 is 5.97 Å². The van der Waals surface area contributed by atoms with E-state index in [1.807, 2.05) is 13.8 Å². The first kappa shape index (κ1) is 15.9. The minimum Gasteiger partial charge on any atom is -0.481 e. The third kappa shape index (κ3) is 4.53. The van der Waals surface area contributed by atoms with Gasteiger partial charge in [-0.1, -0.05) is 13.3 Å². The van der Waals surface area contributed by atoms with Crippen molar-refractivity contribution in [3.05, 3.63) is 34.2 Å². The second-order valence-corrected chi connectivity index (χ2v) is 4.69. The van der Waals surface area contributed by atoms with Crippen molar-refractivity contribution in [1.29, 1.82) is 0 Å². The molecule has 1 aromatic rings. The number of pyridine rings is 1. The molecular formula is C14H20N2O4. The molecular weight excluding hydrogens is 260 g/mol. The number of carboxylic acid groups (broad SMARTS) is 1. The predicted molar refractivity (Wildman–Crippen MR) is 74.6 cm³/mol. The largest absolute Gasteiger partial charge is 0.481 e. The molecule has 0 aliphatic rings. The Labute approximate surface area is 117 Å². The standard InChI is InChI=1S/C14H20N2O4/c1-3-4-11(14(20)15-7-5-13(18)19)16-8-6-10(2)9-12(16)17/h6,8-9,11H,3-5,7H2,1-2H3,(H,15,20)(H,18,19). The maximum atomic E-state index is 12.1. The Bertz CT molecular complexity index is 536. The second kappa shape index (κ2) is 7.47. The van der Waals surface area contributed by atoms with Gasteiger partial charge in [0.05, 0.1) is 6.42 Å². The van der Waals surface area contributed by atoms with Gasteiger partial charge in [0.2, 0.25) is 5.91 Å². The summed E-state index contributed by atoms with van der Waals surface area (Å²) in [4.78, 5) is 34.5. The molecule has 0 saturated heterocycles. The number of carbonyl (C=O) groups is 2. The number of nitrogens with one attached hydrogen (secondary N) is 1. The Morgan fingerprint density at radius 1 is 1.45 bits per heavy atom. The third-order valence-electron chi connectivity index (χ3n) is 2.94. The van der Waals surface area contributed by atoms with E-state index in [2.05, 4.69) is 5.32 Å². The number of amides is 1. The van der Waals surface area contributed by atoms with Gasteiger partial charge in [-0.05, 0) is 25.0 Å². The van der Waals surface area contributed by atoms with Gasteiger partial charge in [0.15, 0.2) is 0 Å². The summed E-state index contributed by atoms with van der Waals surface area (Å²) in [6, 6.07) is 2.66. The Morgan fingerprint density at radius 3 is 2.70 bits per heavy atom. The number of rotatable bonds is 7. The third-order valence-corrected chi connectivity index (χ3v) is 2.94. The number of hydrogen-bond acceptors (Lipinski definition) is 3. The molecule has 0 fully saturated rings. The summed E-state index contributed by atoms with van der Waals surface area (Å²) in [6.07, 6.45) is 2.75. The highest BCUT2D eigenvalue weighted by molar-refractivity contribution is 5.80. The number of nitrogens with zero attached hydrogens (tertiary/aromatic N) is 1. The lowest BCUT2D eigenvalue weighted by atomic mass is 10.1. The zero-order chi connectivity index (χ0) is 15.1. The molecule has 0 aromatic carbocycles. The number of carboxylic acids is 1. The molecule has 6 heteroatoms. The molecule has 0 spiro atoms. The fraction of sp³-hybridized carbons (Fsp3) is 0.500. The van der Waals surface area contributed by atoms with Crippen molar-refractivity contribution < 1.29 is 14.7 Å². The molecule has 110 valence electrons. The quantitative estimate of drug-likeness (QED) is 0.782. The lowest BCUT2D eigenvalue weighted by Crippen LogP contribution is -2.37. The van der Waals surface area contributed by atoms with Gasteiger partial charge in [0, 0.05) is 18.8 Å². The van der Waals surface area contributed by atoms with Crippen molar-refractivity contribution in [2.75, 3.05) is 6.54 Å². The van der Waals surface area contributed by atoms with Crippen LogP contribution in [0.15, 0.2) is 23.1 Å².